The molecule has 0 N–H and O–H groups in total. The van der Waals surface area contributed by atoms with Crippen molar-refractivity contribution >= 4 is 45.4 Å². The standard InChI is InChI=1S/C19H18ClN3O4S/c1-2-9-28(27)12-22-17-8-7-13(23(25)26)10-15(17)19(21-11-18(22)24)14-5-3-4-6-16(14)20/h3-8,10H,2,9,11-12H2,1H3. The molecule has 0 fully saturated rings. The van der Waals surface area contributed by atoms with E-state index in [1.807, 2.05) is 6.92 Å². The van der Waals surface area contributed by atoms with Crippen LogP contribution in [0.1, 0.15) is 24.5 Å². The van der Waals surface area contributed by atoms with Crippen molar-refractivity contribution in [3.05, 3.63) is 68.7 Å². The molecule has 9 heteroatoms. The summed E-state index contributed by atoms with van der Waals surface area (Å²) < 4.78 is 12.3. The molecule has 0 aromatic heterocycles. The van der Waals surface area contributed by atoms with Gasteiger partial charge >= 0.3 is 0 Å². The van der Waals surface area contributed by atoms with Gasteiger partial charge in [-0.2, -0.15) is 0 Å². The lowest BCUT2D eigenvalue weighted by molar-refractivity contribution is -0.384. The number of carbonyl (C=O) groups excluding carboxylic acids is 1. The number of hydrogen-bond donors (Lipinski definition) is 0. The van der Waals surface area contributed by atoms with Gasteiger partial charge in [0.25, 0.3) is 5.69 Å². The predicted molar refractivity (Wildman–Crippen MR) is 111 cm³/mol. The van der Waals surface area contributed by atoms with Crippen molar-refractivity contribution in [1.82, 2.24) is 0 Å². The number of nitrogens with zero attached hydrogens (tertiary/aromatic N) is 3. The molecule has 0 aliphatic carbocycles. The van der Waals surface area contributed by atoms with Crippen LogP contribution in [0.2, 0.25) is 5.02 Å². The number of hydrogen-bond acceptors (Lipinski definition) is 5. The lowest BCUT2D eigenvalue weighted by atomic mass is 9.99. The minimum atomic E-state index is -1.23. The Morgan fingerprint density at radius 1 is 1.25 bits per heavy atom. The SMILES string of the molecule is CCCS(=O)CN1C(=O)CN=C(c2ccccc2Cl)c2cc([N+](=O)[O-])ccc21. The Labute approximate surface area is 169 Å². The summed E-state index contributed by atoms with van der Waals surface area (Å²) in [6, 6.07) is 11.2. The molecule has 0 saturated heterocycles. The average Bonchev–Trinajstić information content (AvgIpc) is 2.79. The summed E-state index contributed by atoms with van der Waals surface area (Å²) in [7, 11) is -1.23. The first-order chi connectivity index (χ1) is 13.4. The quantitative estimate of drug-likeness (QED) is 0.528. The number of amides is 1. The van der Waals surface area contributed by atoms with Gasteiger partial charge < -0.3 is 0 Å². The highest BCUT2D eigenvalue weighted by atomic mass is 35.5. The largest absolute Gasteiger partial charge is 0.298 e. The van der Waals surface area contributed by atoms with Crippen LogP contribution in [0.15, 0.2) is 47.5 Å². The van der Waals surface area contributed by atoms with Crippen LogP contribution >= 0.6 is 11.6 Å². The molecule has 28 heavy (non-hydrogen) atoms. The van der Waals surface area contributed by atoms with Crippen molar-refractivity contribution in [3.63, 3.8) is 0 Å². The number of benzene rings is 2. The predicted octanol–water partition coefficient (Wildman–Crippen LogP) is 3.55. The Balaban J connectivity index is 2.17. The first-order valence-electron chi connectivity index (χ1n) is 8.66. The van der Waals surface area contributed by atoms with Crippen LogP contribution in [-0.2, 0) is 15.6 Å². The number of anilines is 1. The molecular formula is C19H18ClN3O4S. The number of halogens is 1. The van der Waals surface area contributed by atoms with E-state index in [2.05, 4.69) is 4.99 Å². The highest BCUT2D eigenvalue weighted by Gasteiger charge is 2.28. The molecule has 0 bridgehead atoms. The molecule has 0 saturated carbocycles. The van der Waals surface area contributed by atoms with Gasteiger partial charge in [-0.05, 0) is 18.6 Å². The van der Waals surface area contributed by atoms with Crippen LogP contribution in [0.25, 0.3) is 0 Å². The van der Waals surface area contributed by atoms with Gasteiger partial charge in [0.1, 0.15) is 12.4 Å². The molecule has 2 aromatic carbocycles. The third-order valence-electron chi connectivity index (χ3n) is 4.24. The van der Waals surface area contributed by atoms with Gasteiger partial charge in [-0.1, -0.05) is 36.7 Å². The number of aliphatic imine (C=N–C) groups is 1. The minimum Gasteiger partial charge on any atom is -0.298 e. The molecule has 1 atom stereocenters. The molecular weight excluding hydrogens is 402 g/mol. The van der Waals surface area contributed by atoms with Crippen LogP contribution in [-0.4, -0.2) is 38.9 Å². The monoisotopic (exact) mass is 419 g/mol. The fourth-order valence-corrected chi connectivity index (χ4v) is 4.36. The van der Waals surface area contributed by atoms with E-state index >= 15 is 0 Å². The molecule has 0 radical (unpaired) electrons. The van der Waals surface area contributed by atoms with E-state index in [0.717, 1.165) is 6.42 Å². The summed E-state index contributed by atoms with van der Waals surface area (Å²) in [6.45, 7) is 1.75. The number of fused-ring (bicyclic) bond motifs is 1. The Bertz CT molecular complexity index is 993. The smallest absolute Gasteiger partial charge is 0.270 e. The zero-order valence-electron chi connectivity index (χ0n) is 15.1. The van der Waals surface area contributed by atoms with E-state index in [1.165, 1.54) is 23.1 Å². The van der Waals surface area contributed by atoms with Crippen molar-refractivity contribution < 1.29 is 13.9 Å². The lowest BCUT2D eigenvalue weighted by Crippen LogP contribution is -2.35. The maximum atomic E-state index is 12.7. The third kappa shape index (κ3) is 4.13. The highest BCUT2D eigenvalue weighted by Crippen LogP contribution is 2.32. The molecule has 146 valence electrons. The number of benzodiazepines with no additional fused rings is 1. The van der Waals surface area contributed by atoms with Gasteiger partial charge in [0.2, 0.25) is 5.91 Å². The number of rotatable bonds is 6. The van der Waals surface area contributed by atoms with Gasteiger partial charge in [0, 0.05) is 44.8 Å². The lowest BCUT2D eigenvalue weighted by Gasteiger charge is -2.22. The molecule has 1 unspecified atom stereocenters. The Hall–Kier alpha value is -2.58. The first-order valence-corrected chi connectivity index (χ1v) is 10.5. The second-order valence-electron chi connectivity index (χ2n) is 6.20. The van der Waals surface area contributed by atoms with Gasteiger partial charge in [-0.3, -0.25) is 29.0 Å². The van der Waals surface area contributed by atoms with Crippen LogP contribution in [0.4, 0.5) is 11.4 Å². The maximum Gasteiger partial charge on any atom is 0.270 e. The topological polar surface area (TPSA) is 92.9 Å². The third-order valence-corrected chi connectivity index (χ3v) is 5.98. The highest BCUT2D eigenvalue weighted by molar-refractivity contribution is 7.85. The zero-order chi connectivity index (χ0) is 20.3. The summed E-state index contributed by atoms with van der Waals surface area (Å²) in [6.07, 6.45) is 0.725. The number of carbonyl (C=O) groups is 1. The van der Waals surface area contributed by atoms with E-state index in [1.54, 1.807) is 24.3 Å². The summed E-state index contributed by atoms with van der Waals surface area (Å²) in [5, 5.41) is 11.7. The van der Waals surface area contributed by atoms with Gasteiger partial charge in [-0.25, -0.2) is 0 Å². The summed E-state index contributed by atoms with van der Waals surface area (Å²) >= 11 is 6.32. The van der Waals surface area contributed by atoms with Crippen LogP contribution in [0.3, 0.4) is 0 Å². The molecule has 1 aliphatic rings. The van der Waals surface area contributed by atoms with Crippen LogP contribution < -0.4 is 4.90 Å². The maximum absolute atomic E-state index is 12.7. The van der Waals surface area contributed by atoms with Gasteiger partial charge in [0.15, 0.2) is 0 Å². The Kier molecular flexibility index (Phi) is 6.21. The molecule has 2 aromatic rings. The number of non-ortho nitro benzene ring substituents is 1. The number of nitro groups is 1. The normalized spacial score (nSPS) is 14.9. The van der Waals surface area contributed by atoms with Crippen LogP contribution in [0.5, 0.6) is 0 Å². The van der Waals surface area contributed by atoms with Gasteiger partial charge in [0.05, 0.1) is 16.3 Å². The van der Waals surface area contributed by atoms with Crippen molar-refractivity contribution in [1.29, 1.82) is 0 Å². The Morgan fingerprint density at radius 3 is 2.68 bits per heavy atom. The molecule has 0 spiro atoms. The fourth-order valence-electron chi connectivity index (χ4n) is 2.98. The van der Waals surface area contributed by atoms with E-state index in [0.29, 0.717) is 33.3 Å². The summed E-state index contributed by atoms with van der Waals surface area (Å²) in [5.74, 6) is 0.161. The average molecular weight is 420 g/mol. The van der Waals surface area contributed by atoms with Crippen LogP contribution in [0, 0.1) is 10.1 Å². The first kappa shape index (κ1) is 20.2. The van der Waals surface area contributed by atoms with Crippen molar-refractivity contribution in [3.8, 4) is 0 Å². The van der Waals surface area contributed by atoms with Crippen molar-refractivity contribution in [2.24, 2.45) is 4.99 Å². The van der Waals surface area contributed by atoms with E-state index < -0.39 is 15.7 Å². The zero-order valence-corrected chi connectivity index (χ0v) is 16.7. The second kappa shape index (κ2) is 8.62. The minimum absolute atomic E-state index is 0.0167. The summed E-state index contributed by atoms with van der Waals surface area (Å²) in [5.41, 5.74) is 1.72. The summed E-state index contributed by atoms with van der Waals surface area (Å²) in [4.78, 5) is 29.3. The van der Waals surface area contributed by atoms with E-state index in [9.17, 15) is 19.1 Å². The Morgan fingerprint density at radius 2 is 2.00 bits per heavy atom. The van der Waals surface area contributed by atoms with Crippen molar-refractivity contribution in [2.75, 3.05) is 23.1 Å². The fraction of sp³-hybridized carbons (Fsp3) is 0.263. The molecule has 1 aliphatic heterocycles. The van der Waals surface area contributed by atoms with Gasteiger partial charge in [-0.15, -0.1) is 0 Å². The molecule has 3 rings (SSSR count). The van der Waals surface area contributed by atoms with E-state index in [-0.39, 0.29) is 24.0 Å². The molecule has 1 amide bonds. The number of nitro benzene ring substituents is 1. The molecule has 1 heterocycles. The van der Waals surface area contributed by atoms with Crippen molar-refractivity contribution in [2.45, 2.75) is 13.3 Å². The van der Waals surface area contributed by atoms with E-state index in [4.69, 9.17) is 11.6 Å². The second-order valence-corrected chi connectivity index (χ2v) is 8.15. The molecule has 7 nitrogen and oxygen atoms in total.